The summed E-state index contributed by atoms with van der Waals surface area (Å²) in [6.07, 6.45) is 2.55. The summed E-state index contributed by atoms with van der Waals surface area (Å²) in [5.41, 5.74) is 0. The first-order chi connectivity index (χ1) is 8.53. The molecule has 0 N–H and O–H groups in total. The Balaban J connectivity index is 2.75. The van der Waals surface area contributed by atoms with Gasteiger partial charge in [0.15, 0.2) is 0 Å². The highest BCUT2D eigenvalue weighted by Gasteiger charge is 2.29. The van der Waals surface area contributed by atoms with E-state index in [4.69, 9.17) is 0 Å². The minimum atomic E-state index is -3.88. The third-order valence-corrected chi connectivity index (χ3v) is 5.70. The van der Waals surface area contributed by atoms with E-state index in [9.17, 15) is 17.4 Å². The molecule has 0 aliphatic carbocycles. The maximum atomic E-state index is 11.9. The molecule has 1 rings (SSSR count). The molecule has 1 heterocycles. The zero-order valence-corrected chi connectivity index (χ0v) is 13.2. The Labute approximate surface area is 114 Å². The van der Waals surface area contributed by atoms with E-state index in [-0.39, 0.29) is 19.1 Å². The minimum absolute atomic E-state index is 0.149. The third kappa shape index (κ3) is 4.62. The molecule has 0 saturated carbocycles. The molecule has 1 aliphatic rings. The lowest BCUT2D eigenvalue weighted by atomic mass is 10.4. The molecule has 0 atom stereocenters. The highest BCUT2D eigenvalue weighted by Crippen LogP contribution is 2.11. The van der Waals surface area contributed by atoms with E-state index in [1.165, 1.54) is 17.4 Å². The van der Waals surface area contributed by atoms with Gasteiger partial charge in [0, 0.05) is 52.8 Å². The van der Waals surface area contributed by atoms with Crippen molar-refractivity contribution in [3.8, 4) is 0 Å². The molecule has 19 heavy (non-hydrogen) atoms. The number of piperazine rings is 1. The largest absolute Gasteiger partial charge is 0.331 e. The van der Waals surface area contributed by atoms with Gasteiger partial charge in [0.25, 0.3) is 0 Å². The Hall–Kier alpha value is -0.870. The van der Waals surface area contributed by atoms with Gasteiger partial charge in [-0.15, -0.1) is 0 Å². The van der Waals surface area contributed by atoms with Crippen LogP contribution in [0.1, 0.15) is 0 Å². The van der Waals surface area contributed by atoms with Crippen LogP contribution in [0.15, 0.2) is 3.77 Å². The van der Waals surface area contributed by atoms with Crippen molar-refractivity contribution in [2.45, 2.75) is 0 Å². The van der Waals surface area contributed by atoms with Gasteiger partial charge in [0.2, 0.25) is 0 Å². The molecule has 10 heteroatoms. The van der Waals surface area contributed by atoms with Crippen molar-refractivity contribution in [2.75, 3.05) is 52.8 Å². The number of hydrogen-bond acceptors (Lipinski definition) is 4. The van der Waals surface area contributed by atoms with Gasteiger partial charge in [-0.25, -0.2) is 9.00 Å². The second-order valence-electron chi connectivity index (χ2n) is 4.80. The number of hydrogen-bond donors (Lipinski definition) is 0. The van der Waals surface area contributed by atoms with Crippen LogP contribution >= 0.6 is 0 Å². The van der Waals surface area contributed by atoms with Crippen molar-refractivity contribution in [1.82, 2.24) is 14.1 Å². The van der Waals surface area contributed by atoms with Crippen LogP contribution in [-0.4, -0.2) is 85.5 Å². The molecule has 112 valence electrons. The predicted octanol–water partition coefficient (Wildman–Crippen LogP) is -0.742. The third-order valence-electron chi connectivity index (χ3n) is 2.49. The van der Waals surface area contributed by atoms with Crippen LogP contribution in [0.2, 0.25) is 0 Å². The highest BCUT2D eigenvalue weighted by molar-refractivity contribution is 8.01. The van der Waals surface area contributed by atoms with Crippen molar-refractivity contribution in [3.63, 3.8) is 0 Å². The lowest BCUT2D eigenvalue weighted by Gasteiger charge is -2.34. The summed E-state index contributed by atoms with van der Waals surface area (Å²) >= 11 is 0. The van der Waals surface area contributed by atoms with Gasteiger partial charge in [0.1, 0.15) is 0 Å². The van der Waals surface area contributed by atoms with E-state index in [1.807, 2.05) is 0 Å². The molecule has 0 aromatic rings. The maximum absolute atomic E-state index is 11.9. The monoisotopic (exact) mass is 312 g/mol. The van der Waals surface area contributed by atoms with Crippen molar-refractivity contribution < 1.29 is 17.4 Å². The van der Waals surface area contributed by atoms with E-state index in [0.29, 0.717) is 13.1 Å². The fourth-order valence-electron chi connectivity index (χ4n) is 1.67. The molecule has 0 aromatic carbocycles. The number of carbonyl (C=O) groups excluding carboxylic acids is 1. The van der Waals surface area contributed by atoms with Gasteiger partial charge in [-0.2, -0.15) is 12.7 Å². The van der Waals surface area contributed by atoms with E-state index in [1.54, 1.807) is 19.0 Å². The van der Waals surface area contributed by atoms with Crippen molar-refractivity contribution in [1.29, 1.82) is 0 Å². The Morgan fingerprint density at radius 3 is 1.89 bits per heavy atom. The Bertz CT molecular complexity index is 547. The van der Waals surface area contributed by atoms with E-state index in [2.05, 4.69) is 3.77 Å². The first kappa shape index (κ1) is 16.2. The number of urea groups is 1. The van der Waals surface area contributed by atoms with E-state index in [0.717, 1.165) is 4.31 Å². The van der Waals surface area contributed by atoms with Crippen LogP contribution in [0.4, 0.5) is 4.79 Å². The molecule has 0 bridgehead atoms. The SMILES string of the molecule is CN(C)C(=O)N1CCN(S(=O)(=O)N=S(C)(C)=O)CC1. The first-order valence-electron chi connectivity index (χ1n) is 5.67. The molecular formula is C9H20N4O4S2. The Morgan fingerprint density at radius 2 is 1.53 bits per heavy atom. The van der Waals surface area contributed by atoms with Crippen LogP contribution < -0.4 is 0 Å². The van der Waals surface area contributed by atoms with Gasteiger partial charge >= 0.3 is 16.2 Å². The molecule has 0 spiro atoms. The average Bonchev–Trinajstić information content (AvgIpc) is 2.25. The summed E-state index contributed by atoms with van der Waals surface area (Å²) in [5, 5.41) is 0. The van der Waals surface area contributed by atoms with Gasteiger partial charge in [-0.1, -0.05) is 3.77 Å². The average molecular weight is 312 g/mol. The quantitative estimate of drug-likeness (QED) is 0.671. The van der Waals surface area contributed by atoms with Crippen LogP contribution in [0.25, 0.3) is 0 Å². The molecule has 0 aromatic heterocycles. The van der Waals surface area contributed by atoms with Crippen LogP contribution in [-0.2, 0) is 19.9 Å². The number of amides is 2. The molecular weight excluding hydrogens is 292 g/mol. The minimum Gasteiger partial charge on any atom is -0.331 e. The molecule has 1 saturated heterocycles. The zero-order valence-electron chi connectivity index (χ0n) is 11.6. The fraction of sp³-hybridized carbons (Fsp3) is 0.889. The summed E-state index contributed by atoms with van der Waals surface area (Å²) in [5.74, 6) is 0. The number of carbonyl (C=O) groups is 1. The smallest absolute Gasteiger partial charge is 0.330 e. The van der Waals surface area contributed by atoms with E-state index < -0.39 is 19.9 Å². The van der Waals surface area contributed by atoms with Crippen LogP contribution in [0.5, 0.6) is 0 Å². The second kappa shape index (κ2) is 5.63. The lowest BCUT2D eigenvalue weighted by Crippen LogP contribution is -2.52. The lowest BCUT2D eigenvalue weighted by molar-refractivity contribution is 0.149. The van der Waals surface area contributed by atoms with Crippen LogP contribution in [0.3, 0.4) is 0 Å². The predicted molar refractivity (Wildman–Crippen MR) is 73.6 cm³/mol. The normalized spacial score (nSPS) is 18.2. The maximum Gasteiger partial charge on any atom is 0.330 e. The van der Waals surface area contributed by atoms with Crippen molar-refractivity contribution >= 4 is 26.0 Å². The van der Waals surface area contributed by atoms with Gasteiger partial charge < -0.3 is 9.80 Å². The molecule has 2 amide bonds. The summed E-state index contributed by atoms with van der Waals surface area (Å²) in [7, 11) is -3.31. The first-order valence-corrected chi connectivity index (χ1v) is 9.40. The standard InChI is InChI=1S/C9H20N4O4S2/c1-11(2)9(14)12-5-7-13(8-6-12)19(16,17)10-18(3,4)15/h5-8H2,1-4H3. The molecule has 8 nitrogen and oxygen atoms in total. The zero-order chi connectivity index (χ0) is 14.8. The van der Waals surface area contributed by atoms with Crippen LogP contribution in [0, 0.1) is 0 Å². The highest BCUT2D eigenvalue weighted by atomic mass is 32.3. The van der Waals surface area contributed by atoms with Gasteiger partial charge in [-0.05, 0) is 0 Å². The summed E-state index contributed by atoms with van der Waals surface area (Å²) in [6, 6.07) is -0.149. The Kier molecular flexibility index (Phi) is 4.80. The van der Waals surface area contributed by atoms with Crippen molar-refractivity contribution in [3.05, 3.63) is 0 Å². The molecule has 1 fully saturated rings. The summed E-state index contributed by atoms with van der Waals surface area (Å²) in [4.78, 5) is 14.7. The summed E-state index contributed by atoms with van der Waals surface area (Å²) < 4.78 is 39.8. The number of nitrogens with zero attached hydrogens (tertiary/aromatic N) is 4. The van der Waals surface area contributed by atoms with Gasteiger partial charge in [0.05, 0.1) is 9.73 Å². The van der Waals surface area contributed by atoms with Gasteiger partial charge in [-0.3, -0.25) is 0 Å². The topological polar surface area (TPSA) is 90.4 Å². The van der Waals surface area contributed by atoms with E-state index >= 15 is 0 Å². The summed E-state index contributed by atoms with van der Waals surface area (Å²) in [6.45, 7) is 0.947. The number of rotatable bonds is 2. The molecule has 1 aliphatic heterocycles. The van der Waals surface area contributed by atoms with Crippen molar-refractivity contribution in [2.24, 2.45) is 3.77 Å². The molecule has 0 unspecified atom stereocenters. The second-order valence-corrected chi connectivity index (χ2v) is 9.17. The molecule has 0 radical (unpaired) electrons. The fourth-order valence-corrected chi connectivity index (χ4v) is 4.48. The Morgan fingerprint density at radius 1 is 1.05 bits per heavy atom.